The van der Waals surface area contributed by atoms with Gasteiger partial charge in [-0.1, -0.05) is 41.9 Å². The summed E-state index contributed by atoms with van der Waals surface area (Å²) in [6, 6.07) is 13.4. The molecule has 0 unspecified atom stereocenters. The quantitative estimate of drug-likeness (QED) is 0.642. The van der Waals surface area contributed by atoms with E-state index in [0.29, 0.717) is 23.1 Å². The molecule has 0 saturated carbocycles. The van der Waals surface area contributed by atoms with Crippen LogP contribution in [0.3, 0.4) is 0 Å². The number of halogens is 1. The second kappa shape index (κ2) is 9.30. The van der Waals surface area contributed by atoms with Crippen LogP contribution in [0, 0.1) is 0 Å². The van der Waals surface area contributed by atoms with Gasteiger partial charge in [-0.25, -0.2) is 0 Å². The second-order valence-corrected chi connectivity index (χ2v) is 6.24. The van der Waals surface area contributed by atoms with Gasteiger partial charge in [-0.3, -0.25) is 4.79 Å². The Labute approximate surface area is 160 Å². The van der Waals surface area contributed by atoms with Crippen molar-refractivity contribution in [3.05, 3.63) is 64.7 Å². The van der Waals surface area contributed by atoms with Crippen LogP contribution in [0.25, 0.3) is 6.08 Å². The number of benzene rings is 2. The van der Waals surface area contributed by atoms with Crippen molar-refractivity contribution in [3.8, 4) is 11.5 Å². The molecule has 138 valence electrons. The molecule has 0 radical (unpaired) electrons. The SMILES string of the molecule is CCOc1cc(/C=C/C(=O)N(C)[C@H](C)c2ccccc2)cc(Cl)c1OC. The number of methoxy groups -OCH3 is 1. The van der Waals surface area contributed by atoms with Gasteiger partial charge in [-0.05, 0) is 43.2 Å². The average molecular weight is 374 g/mol. The highest BCUT2D eigenvalue weighted by molar-refractivity contribution is 6.32. The van der Waals surface area contributed by atoms with Crippen LogP contribution in [0.15, 0.2) is 48.5 Å². The van der Waals surface area contributed by atoms with Crippen molar-refractivity contribution in [3.63, 3.8) is 0 Å². The lowest BCUT2D eigenvalue weighted by Crippen LogP contribution is -2.27. The molecule has 0 N–H and O–H groups in total. The van der Waals surface area contributed by atoms with Crippen molar-refractivity contribution in [1.82, 2.24) is 4.90 Å². The Hall–Kier alpha value is -2.46. The van der Waals surface area contributed by atoms with Crippen LogP contribution in [0.1, 0.15) is 31.0 Å². The van der Waals surface area contributed by atoms with Gasteiger partial charge >= 0.3 is 0 Å². The lowest BCUT2D eigenvalue weighted by atomic mass is 10.1. The molecular formula is C21H24ClNO3. The third kappa shape index (κ3) is 4.79. The van der Waals surface area contributed by atoms with E-state index < -0.39 is 0 Å². The molecule has 0 aliphatic carbocycles. The van der Waals surface area contributed by atoms with Crippen molar-refractivity contribution in [2.75, 3.05) is 20.8 Å². The maximum Gasteiger partial charge on any atom is 0.246 e. The first-order valence-corrected chi connectivity index (χ1v) is 8.85. The van der Waals surface area contributed by atoms with Crippen molar-refractivity contribution >= 4 is 23.6 Å². The molecular weight excluding hydrogens is 350 g/mol. The van der Waals surface area contributed by atoms with E-state index in [9.17, 15) is 4.79 Å². The Morgan fingerprint density at radius 3 is 2.58 bits per heavy atom. The summed E-state index contributed by atoms with van der Waals surface area (Å²) in [5.41, 5.74) is 1.86. The molecule has 0 aliphatic rings. The Morgan fingerprint density at radius 1 is 1.27 bits per heavy atom. The second-order valence-electron chi connectivity index (χ2n) is 5.84. The molecule has 0 heterocycles. The van der Waals surface area contributed by atoms with Crippen molar-refractivity contribution in [2.45, 2.75) is 19.9 Å². The largest absolute Gasteiger partial charge is 0.491 e. The van der Waals surface area contributed by atoms with Crippen LogP contribution in [0.5, 0.6) is 11.5 Å². The number of carbonyl (C=O) groups excluding carboxylic acids is 1. The molecule has 0 saturated heterocycles. The monoisotopic (exact) mass is 373 g/mol. The highest BCUT2D eigenvalue weighted by atomic mass is 35.5. The van der Waals surface area contributed by atoms with Crippen molar-refractivity contribution in [2.24, 2.45) is 0 Å². The van der Waals surface area contributed by atoms with Crippen LogP contribution in [-0.2, 0) is 4.79 Å². The number of nitrogens with zero attached hydrogens (tertiary/aromatic N) is 1. The number of carbonyl (C=O) groups is 1. The molecule has 0 fully saturated rings. The van der Waals surface area contributed by atoms with Gasteiger partial charge < -0.3 is 14.4 Å². The summed E-state index contributed by atoms with van der Waals surface area (Å²) < 4.78 is 10.8. The lowest BCUT2D eigenvalue weighted by molar-refractivity contribution is -0.126. The first kappa shape index (κ1) is 19.9. The van der Waals surface area contributed by atoms with Crippen LogP contribution < -0.4 is 9.47 Å². The van der Waals surface area contributed by atoms with Gasteiger partial charge in [0.05, 0.1) is 24.8 Å². The first-order chi connectivity index (χ1) is 12.5. The summed E-state index contributed by atoms with van der Waals surface area (Å²) in [6.45, 7) is 4.38. The molecule has 2 rings (SSSR count). The summed E-state index contributed by atoms with van der Waals surface area (Å²) in [6.07, 6.45) is 3.26. The first-order valence-electron chi connectivity index (χ1n) is 8.48. The predicted octanol–water partition coefficient (Wildman–Crippen LogP) is 4.98. The minimum atomic E-state index is -0.0914. The van der Waals surface area contributed by atoms with Gasteiger partial charge in [-0.15, -0.1) is 0 Å². The molecule has 2 aromatic rings. The van der Waals surface area contributed by atoms with E-state index in [0.717, 1.165) is 11.1 Å². The molecule has 26 heavy (non-hydrogen) atoms. The predicted molar refractivity (Wildman–Crippen MR) is 106 cm³/mol. The van der Waals surface area contributed by atoms with E-state index in [1.807, 2.05) is 44.2 Å². The van der Waals surface area contributed by atoms with E-state index in [4.69, 9.17) is 21.1 Å². The van der Waals surface area contributed by atoms with Crippen LogP contribution in [-0.4, -0.2) is 31.6 Å². The lowest BCUT2D eigenvalue weighted by Gasteiger charge is -2.24. The van der Waals surface area contributed by atoms with Gasteiger partial charge in [0.25, 0.3) is 0 Å². The van der Waals surface area contributed by atoms with Crippen LogP contribution in [0.4, 0.5) is 0 Å². The van der Waals surface area contributed by atoms with E-state index >= 15 is 0 Å². The zero-order valence-electron chi connectivity index (χ0n) is 15.5. The van der Waals surface area contributed by atoms with E-state index in [1.165, 1.54) is 6.08 Å². The minimum absolute atomic E-state index is 0.0215. The van der Waals surface area contributed by atoms with Crippen molar-refractivity contribution < 1.29 is 14.3 Å². The Kier molecular flexibility index (Phi) is 7.10. The molecule has 5 heteroatoms. The fraction of sp³-hybridized carbons (Fsp3) is 0.286. The summed E-state index contributed by atoms with van der Waals surface area (Å²) >= 11 is 6.24. The molecule has 4 nitrogen and oxygen atoms in total. The Balaban J connectivity index is 2.17. The smallest absolute Gasteiger partial charge is 0.246 e. The fourth-order valence-electron chi connectivity index (χ4n) is 2.58. The van der Waals surface area contributed by atoms with Crippen LogP contribution >= 0.6 is 11.6 Å². The zero-order chi connectivity index (χ0) is 19.1. The highest BCUT2D eigenvalue weighted by Gasteiger charge is 2.15. The van der Waals surface area contributed by atoms with Gasteiger partial charge in [0.1, 0.15) is 0 Å². The van der Waals surface area contributed by atoms with E-state index in [-0.39, 0.29) is 11.9 Å². The molecule has 1 amide bonds. The number of amides is 1. The third-order valence-corrected chi connectivity index (χ3v) is 4.45. The van der Waals surface area contributed by atoms with Crippen LogP contribution in [0.2, 0.25) is 5.02 Å². The topological polar surface area (TPSA) is 38.8 Å². The van der Waals surface area contributed by atoms with Gasteiger partial charge in [0.15, 0.2) is 11.5 Å². The number of likely N-dealkylation sites (N-methyl/N-ethyl adjacent to an activating group) is 1. The molecule has 2 aromatic carbocycles. The zero-order valence-corrected chi connectivity index (χ0v) is 16.3. The van der Waals surface area contributed by atoms with Gasteiger partial charge in [0.2, 0.25) is 5.91 Å². The summed E-state index contributed by atoms with van der Waals surface area (Å²) in [7, 11) is 3.33. The number of rotatable bonds is 7. The number of hydrogen-bond acceptors (Lipinski definition) is 3. The number of ether oxygens (including phenoxy) is 2. The third-order valence-electron chi connectivity index (χ3n) is 4.16. The minimum Gasteiger partial charge on any atom is -0.491 e. The normalized spacial score (nSPS) is 12.0. The molecule has 0 aliphatic heterocycles. The number of hydrogen-bond donors (Lipinski definition) is 0. The Bertz CT molecular complexity index is 774. The summed E-state index contributed by atoms with van der Waals surface area (Å²) in [4.78, 5) is 14.2. The van der Waals surface area contributed by atoms with Crippen molar-refractivity contribution in [1.29, 1.82) is 0 Å². The fourth-order valence-corrected chi connectivity index (χ4v) is 2.87. The average Bonchev–Trinajstić information content (AvgIpc) is 2.65. The van der Waals surface area contributed by atoms with Gasteiger partial charge in [-0.2, -0.15) is 0 Å². The molecule has 0 spiro atoms. The maximum atomic E-state index is 12.5. The van der Waals surface area contributed by atoms with E-state index in [1.54, 1.807) is 37.3 Å². The van der Waals surface area contributed by atoms with Gasteiger partial charge in [0, 0.05) is 13.1 Å². The van der Waals surface area contributed by atoms with E-state index in [2.05, 4.69) is 0 Å². The summed E-state index contributed by atoms with van der Waals surface area (Å²) in [5.74, 6) is 0.957. The summed E-state index contributed by atoms with van der Waals surface area (Å²) in [5, 5.41) is 0.441. The highest BCUT2D eigenvalue weighted by Crippen LogP contribution is 2.36. The Morgan fingerprint density at radius 2 is 1.96 bits per heavy atom. The maximum absolute atomic E-state index is 12.5. The molecule has 1 atom stereocenters. The standard InChI is InChI=1S/C21H24ClNO3/c1-5-26-19-14-16(13-18(22)21(19)25-4)11-12-20(24)23(3)15(2)17-9-7-6-8-10-17/h6-15H,5H2,1-4H3/b12-11+/t15-/m1/s1. The molecule has 0 aromatic heterocycles. The molecule has 0 bridgehead atoms.